The highest BCUT2D eigenvalue weighted by Gasteiger charge is 2.15. The summed E-state index contributed by atoms with van der Waals surface area (Å²) in [5.41, 5.74) is 1.86. The lowest BCUT2D eigenvalue weighted by Gasteiger charge is -2.13. The maximum Gasteiger partial charge on any atom is 0.132 e. The van der Waals surface area contributed by atoms with Crippen LogP contribution in [0.15, 0.2) is 42.5 Å². The lowest BCUT2D eigenvalue weighted by Crippen LogP contribution is -2.03. The van der Waals surface area contributed by atoms with Crippen LogP contribution >= 0.6 is 0 Å². The fourth-order valence-electron chi connectivity index (χ4n) is 2.21. The normalized spacial score (nSPS) is 12.7. The molecule has 0 aromatic heterocycles. The Morgan fingerprint density at radius 3 is 2.20 bits per heavy atom. The van der Waals surface area contributed by atoms with E-state index in [9.17, 15) is 13.9 Å². The van der Waals surface area contributed by atoms with Gasteiger partial charge in [0, 0.05) is 11.6 Å². The van der Waals surface area contributed by atoms with Crippen molar-refractivity contribution in [3.8, 4) is 0 Å². The van der Waals surface area contributed by atoms with Gasteiger partial charge in [-0.15, -0.1) is 0 Å². The number of hydrogen-bond donors (Lipinski definition) is 1. The van der Waals surface area contributed by atoms with Gasteiger partial charge in [-0.1, -0.05) is 44.2 Å². The van der Waals surface area contributed by atoms with Crippen molar-refractivity contribution in [2.75, 3.05) is 0 Å². The van der Waals surface area contributed by atoms with Crippen molar-refractivity contribution in [3.63, 3.8) is 0 Å². The Hall–Kier alpha value is -1.74. The highest BCUT2D eigenvalue weighted by molar-refractivity contribution is 5.33. The molecule has 1 N–H and O–H groups in total. The SMILES string of the molecule is CC(C)Cc1ccc(C(O)c2ccc(F)cc2F)cc1. The molecule has 2 aromatic rings. The van der Waals surface area contributed by atoms with E-state index in [-0.39, 0.29) is 5.56 Å². The van der Waals surface area contributed by atoms with Gasteiger partial charge in [-0.3, -0.25) is 0 Å². The quantitative estimate of drug-likeness (QED) is 0.885. The van der Waals surface area contributed by atoms with Crippen LogP contribution in [-0.2, 0) is 6.42 Å². The molecule has 0 aliphatic rings. The van der Waals surface area contributed by atoms with Crippen molar-refractivity contribution in [1.29, 1.82) is 0 Å². The largest absolute Gasteiger partial charge is 0.384 e. The van der Waals surface area contributed by atoms with Crippen LogP contribution < -0.4 is 0 Å². The molecule has 2 rings (SSSR count). The molecular weight excluding hydrogens is 258 g/mol. The maximum atomic E-state index is 13.6. The molecule has 0 bridgehead atoms. The van der Waals surface area contributed by atoms with E-state index in [2.05, 4.69) is 13.8 Å². The van der Waals surface area contributed by atoms with E-state index in [4.69, 9.17) is 0 Å². The Bertz CT molecular complexity index is 576. The summed E-state index contributed by atoms with van der Waals surface area (Å²) in [4.78, 5) is 0. The van der Waals surface area contributed by atoms with Crippen LogP contribution in [0.4, 0.5) is 8.78 Å². The van der Waals surface area contributed by atoms with Gasteiger partial charge in [0.25, 0.3) is 0 Å². The van der Waals surface area contributed by atoms with Gasteiger partial charge in [-0.05, 0) is 29.5 Å². The van der Waals surface area contributed by atoms with Gasteiger partial charge in [-0.2, -0.15) is 0 Å². The lowest BCUT2D eigenvalue weighted by atomic mass is 9.97. The molecule has 0 saturated carbocycles. The van der Waals surface area contributed by atoms with Crippen LogP contribution in [-0.4, -0.2) is 5.11 Å². The molecule has 0 aliphatic carbocycles. The molecule has 1 unspecified atom stereocenters. The van der Waals surface area contributed by atoms with Crippen LogP contribution in [0.25, 0.3) is 0 Å². The minimum absolute atomic E-state index is 0.0861. The van der Waals surface area contributed by atoms with Crippen LogP contribution in [0, 0.1) is 17.6 Å². The Kier molecular flexibility index (Phi) is 4.50. The molecule has 0 amide bonds. The summed E-state index contributed by atoms with van der Waals surface area (Å²) in [6, 6.07) is 10.6. The summed E-state index contributed by atoms with van der Waals surface area (Å²) in [6.07, 6.45) is -0.120. The molecular formula is C17H18F2O. The van der Waals surface area contributed by atoms with Crippen LogP contribution in [0.5, 0.6) is 0 Å². The first-order valence-electron chi connectivity index (χ1n) is 6.69. The Labute approximate surface area is 117 Å². The summed E-state index contributed by atoms with van der Waals surface area (Å²) in [7, 11) is 0. The van der Waals surface area contributed by atoms with Crippen molar-refractivity contribution in [1.82, 2.24) is 0 Å². The zero-order valence-corrected chi connectivity index (χ0v) is 11.6. The predicted octanol–water partition coefficient (Wildman–Crippen LogP) is 4.25. The van der Waals surface area contributed by atoms with E-state index in [1.165, 1.54) is 11.6 Å². The number of hydrogen-bond acceptors (Lipinski definition) is 1. The second-order valence-corrected chi connectivity index (χ2v) is 5.41. The predicted molar refractivity (Wildman–Crippen MR) is 75.4 cm³/mol. The molecule has 3 heteroatoms. The second kappa shape index (κ2) is 6.14. The third-order valence-electron chi connectivity index (χ3n) is 3.20. The van der Waals surface area contributed by atoms with Crippen molar-refractivity contribution in [2.45, 2.75) is 26.4 Å². The third kappa shape index (κ3) is 3.42. The molecule has 2 aromatic carbocycles. The van der Waals surface area contributed by atoms with Gasteiger partial charge < -0.3 is 5.11 Å². The molecule has 106 valence electrons. The van der Waals surface area contributed by atoms with Crippen molar-refractivity contribution in [3.05, 3.63) is 70.8 Å². The molecule has 0 radical (unpaired) electrons. The summed E-state index contributed by atoms with van der Waals surface area (Å²) in [5, 5.41) is 10.2. The number of aliphatic hydroxyl groups is 1. The Morgan fingerprint density at radius 2 is 1.65 bits per heavy atom. The smallest absolute Gasteiger partial charge is 0.132 e. The molecule has 1 atom stereocenters. The zero-order valence-electron chi connectivity index (χ0n) is 11.6. The van der Waals surface area contributed by atoms with Crippen LogP contribution in [0.2, 0.25) is 0 Å². The van der Waals surface area contributed by atoms with E-state index in [0.717, 1.165) is 18.6 Å². The van der Waals surface area contributed by atoms with Gasteiger partial charge >= 0.3 is 0 Å². The van der Waals surface area contributed by atoms with E-state index in [1.807, 2.05) is 12.1 Å². The highest BCUT2D eigenvalue weighted by atomic mass is 19.1. The van der Waals surface area contributed by atoms with Crippen molar-refractivity contribution >= 4 is 0 Å². The summed E-state index contributed by atoms with van der Waals surface area (Å²) in [5.74, 6) is -0.824. The van der Waals surface area contributed by atoms with Crippen LogP contribution in [0.3, 0.4) is 0 Å². The van der Waals surface area contributed by atoms with Crippen molar-refractivity contribution in [2.24, 2.45) is 5.92 Å². The topological polar surface area (TPSA) is 20.2 Å². The van der Waals surface area contributed by atoms with Gasteiger partial charge in [0.15, 0.2) is 0 Å². The van der Waals surface area contributed by atoms with E-state index in [1.54, 1.807) is 12.1 Å². The second-order valence-electron chi connectivity index (χ2n) is 5.41. The molecule has 0 heterocycles. The van der Waals surface area contributed by atoms with Crippen molar-refractivity contribution < 1.29 is 13.9 Å². The average molecular weight is 276 g/mol. The lowest BCUT2D eigenvalue weighted by molar-refractivity contribution is 0.214. The maximum absolute atomic E-state index is 13.6. The number of rotatable bonds is 4. The minimum atomic E-state index is -1.08. The number of halogens is 2. The highest BCUT2D eigenvalue weighted by Crippen LogP contribution is 2.25. The first-order chi connectivity index (χ1) is 9.47. The van der Waals surface area contributed by atoms with Gasteiger partial charge in [-0.25, -0.2) is 8.78 Å². The molecule has 20 heavy (non-hydrogen) atoms. The molecule has 0 fully saturated rings. The number of benzene rings is 2. The fraction of sp³-hybridized carbons (Fsp3) is 0.294. The van der Waals surface area contributed by atoms with E-state index in [0.29, 0.717) is 11.5 Å². The van der Waals surface area contributed by atoms with Crippen LogP contribution in [0.1, 0.15) is 36.6 Å². The minimum Gasteiger partial charge on any atom is -0.384 e. The van der Waals surface area contributed by atoms with Gasteiger partial charge in [0.05, 0.1) is 0 Å². The first kappa shape index (κ1) is 14.7. The number of aliphatic hydroxyl groups excluding tert-OH is 1. The molecule has 0 aliphatic heterocycles. The third-order valence-corrected chi connectivity index (χ3v) is 3.20. The van der Waals surface area contributed by atoms with E-state index >= 15 is 0 Å². The monoisotopic (exact) mass is 276 g/mol. The molecule has 0 saturated heterocycles. The summed E-state index contributed by atoms with van der Waals surface area (Å²) < 4.78 is 26.5. The molecule has 0 spiro atoms. The fourth-order valence-corrected chi connectivity index (χ4v) is 2.21. The van der Waals surface area contributed by atoms with Gasteiger partial charge in [0.2, 0.25) is 0 Å². The average Bonchev–Trinajstić information content (AvgIpc) is 2.38. The van der Waals surface area contributed by atoms with E-state index < -0.39 is 17.7 Å². The standard InChI is InChI=1S/C17H18F2O/c1-11(2)9-12-3-5-13(6-4-12)17(20)15-8-7-14(18)10-16(15)19/h3-8,10-11,17,20H,9H2,1-2H3. The Morgan fingerprint density at radius 1 is 1.00 bits per heavy atom. The zero-order chi connectivity index (χ0) is 14.7. The summed E-state index contributed by atoms with van der Waals surface area (Å²) in [6.45, 7) is 4.27. The Balaban J connectivity index is 2.22. The molecule has 1 nitrogen and oxygen atoms in total. The first-order valence-corrected chi connectivity index (χ1v) is 6.69. The van der Waals surface area contributed by atoms with Gasteiger partial charge in [0.1, 0.15) is 17.7 Å². The summed E-state index contributed by atoms with van der Waals surface area (Å²) >= 11 is 0.